The molecule has 1 aromatic heterocycles. The van der Waals surface area contributed by atoms with E-state index in [1.165, 1.54) is 25.3 Å². The molecular formula is C27H30O15. The number of ether oxygens (including phenoxy) is 4. The van der Waals surface area contributed by atoms with Crippen molar-refractivity contribution in [3.05, 3.63) is 46.6 Å². The standard InChI is InChI=1S/C27H30O15/c1-38-16-3-2-10(4-12(16)29)17-7-14(31)20-13(30)5-11(6-18(20)40-17)41-27(26-24(36)21(33)15(32)9-39-26)25(37)23(35)22(34)19(8-28)42-27/h2-7,15,19,21-26,28-30,32-37H,8-9H2,1H3/t15-,19-,21+,22-,23-,24-,25+,26-,27+/m1/s1. The number of hydrogen-bond acceptors (Lipinski definition) is 15. The van der Waals surface area contributed by atoms with Crippen molar-refractivity contribution in [2.45, 2.75) is 54.6 Å². The quantitative estimate of drug-likeness (QED) is 0.148. The van der Waals surface area contributed by atoms with Crippen LogP contribution in [0, 0.1) is 0 Å². The Kier molecular flexibility index (Phi) is 8.06. The van der Waals surface area contributed by atoms with Crippen LogP contribution in [0.25, 0.3) is 22.3 Å². The number of aliphatic hydroxyl groups is 7. The Morgan fingerprint density at radius 2 is 1.67 bits per heavy atom. The number of aromatic hydroxyl groups is 2. The van der Waals surface area contributed by atoms with Gasteiger partial charge in [0, 0.05) is 23.8 Å². The first-order valence-electron chi connectivity index (χ1n) is 12.8. The van der Waals surface area contributed by atoms with Gasteiger partial charge in [-0.05, 0) is 18.2 Å². The zero-order valence-corrected chi connectivity index (χ0v) is 22.0. The van der Waals surface area contributed by atoms with Gasteiger partial charge in [-0.15, -0.1) is 0 Å². The van der Waals surface area contributed by atoms with Crippen LogP contribution in [0.15, 0.2) is 45.6 Å². The van der Waals surface area contributed by atoms with Gasteiger partial charge in [0.25, 0.3) is 5.79 Å². The Bertz CT molecular complexity index is 1500. The van der Waals surface area contributed by atoms with Crippen molar-refractivity contribution < 1.29 is 69.3 Å². The summed E-state index contributed by atoms with van der Waals surface area (Å²) in [5, 5.41) is 93.5. The Labute approximate surface area is 236 Å². The molecule has 0 aliphatic carbocycles. The van der Waals surface area contributed by atoms with Crippen LogP contribution in [0.1, 0.15) is 0 Å². The van der Waals surface area contributed by atoms with Crippen LogP contribution in [-0.2, 0) is 9.47 Å². The lowest BCUT2D eigenvalue weighted by Crippen LogP contribution is -2.76. The molecule has 2 aliphatic heterocycles. The highest BCUT2D eigenvalue weighted by molar-refractivity contribution is 5.86. The van der Waals surface area contributed by atoms with E-state index in [4.69, 9.17) is 23.4 Å². The van der Waals surface area contributed by atoms with E-state index in [1.807, 2.05) is 0 Å². The maximum atomic E-state index is 12.9. The number of phenolic OH excluding ortho intramolecular Hbond substituents is 2. The fraction of sp³-hybridized carbons (Fsp3) is 0.444. The Hall–Kier alpha value is -3.51. The highest BCUT2D eigenvalue weighted by atomic mass is 16.7. The number of aliphatic hydroxyl groups excluding tert-OH is 7. The summed E-state index contributed by atoms with van der Waals surface area (Å²) in [6.07, 6.45) is -14.8. The molecule has 2 aromatic carbocycles. The highest BCUT2D eigenvalue weighted by Gasteiger charge is 2.64. The molecule has 2 fully saturated rings. The molecule has 15 heteroatoms. The Balaban J connectivity index is 1.62. The molecule has 228 valence electrons. The number of phenols is 2. The number of methoxy groups -OCH3 is 1. The van der Waals surface area contributed by atoms with Gasteiger partial charge in [0.05, 0.1) is 20.3 Å². The minimum Gasteiger partial charge on any atom is -0.507 e. The molecule has 0 radical (unpaired) electrons. The van der Waals surface area contributed by atoms with Crippen LogP contribution in [0.4, 0.5) is 0 Å². The van der Waals surface area contributed by atoms with Crippen molar-refractivity contribution in [2.75, 3.05) is 20.3 Å². The molecule has 5 rings (SSSR count). The van der Waals surface area contributed by atoms with Crippen LogP contribution >= 0.6 is 0 Å². The van der Waals surface area contributed by atoms with Crippen LogP contribution < -0.4 is 14.9 Å². The van der Waals surface area contributed by atoms with E-state index in [9.17, 15) is 50.8 Å². The molecule has 42 heavy (non-hydrogen) atoms. The molecule has 0 spiro atoms. The maximum absolute atomic E-state index is 12.9. The molecule has 15 nitrogen and oxygen atoms in total. The lowest BCUT2D eigenvalue weighted by Gasteiger charge is -2.53. The number of hydrogen-bond donors (Lipinski definition) is 9. The molecule has 3 heterocycles. The monoisotopic (exact) mass is 594 g/mol. The number of rotatable bonds is 6. The summed E-state index contributed by atoms with van der Waals surface area (Å²) >= 11 is 0. The first-order valence-corrected chi connectivity index (χ1v) is 12.8. The van der Waals surface area contributed by atoms with Crippen LogP contribution in [0.5, 0.6) is 23.0 Å². The number of fused-ring (bicyclic) bond motifs is 1. The molecule has 2 aliphatic rings. The van der Waals surface area contributed by atoms with Crippen molar-refractivity contribution >= 4 is 11.0 Å². The smallest absolute Gasteiger partial charge is 0.268 e. The third kappa shape index (κ3) is 4.94. The van der Waals surface area contributed by atoms with Crippen LogP contribution in [0.3, 0.4) is 0 Å². The van der Waals surface area contributed by atoms with Gasteiger partial charge in [0.1, 0.15) is 64.9 Å². The summed E-state index contributed by atoms with van der Waals surface area (Å²) in [6, 6.07) is 7.38. The average molecular weight is 595 g/mol. The second-order valence-electron chi connectivity index (χ2n) is 10.1. The topological polar surface area (TPSA) is 249 Å². The van der Waals surface area contributed by atoms with Crippen molar-refractivity contribution in [1.29, 1.82) is 0 Å². The zero-order valence-electron chi connectivity index (χ0n) is 22.0. The van der Waals surface area contributed by atoms with E-state index in [0.29, 0.717) is 0 Å². The summed E-state index contributed by atoms with van der Waals surface area (Å²) in [7, 11) is 1.36. The van der Waals surface area contributed by atoms with Crippen molar-refractivity contribution in [3.63, 3.8) is 0 Å². The van der Waals surface area contributed by atoms with E-state index < -0.39 is 79.0 Å². The normalized spacial score (nSPS) is 33.4. The van der Waals surface area contributed by atoms with Crippen molar-refractivity contribution in [3.8, 4) is 34.3 Å². The fourth-order valence-electron chi connectivity index (χ4n) is 5.18. The SMILES string of the molecule is COc1ccc(-c2cc(=O)c3c(O)cc(O[C@]4([C@@H]5OC[C@@H](O)[C@H](O)[C@H]5O)O[C@H](CO)[C@@H](O)[C@@H](O)[C@@H]4O)cc3o2)cc1O. The van der Waals surface area contributed by atoms with Gasteiger partial charge in [-0.25, -0.2) is 0 Å². The van der Waals surface area contributed by atoms with E-state index >= 15 is 0 Å². The van der Waals surface area contributed by atoms with Gasteiger partial charge in [0.15, 0.2) is 29.1 Å². The molecule has 2 saturated heterocycles. The first-order chi connectivity index (χ1) is 19.9. The largest absolute Gasteiger partial charge is 0.507 e. The van der Waals surface area contributed by atoms with Crippen molar-refractivity contribution in [2.24, 2.45) is 0 Å². The van der Waals surface area contributed by atoms with Crippen molar-refractivity contribution in [1.82, 2.24) is 0 Å². The van der Waals surface area contributed by atoms with Gasteiger partial charge in [-0.1, -0.05) is 0 Å². The van der Waals surface area contributed by atoms with E-state index in [-0.39, 0.29) is 39.5 Å². The molecule has 3 aromatic rings. The Morgan fingerprint density at radius 3 is 2.33 bits per heavy atom. The van der Waals surface area contributed by atoms with Crippen LogP contribution in [-0.4, -0.2) is 121 Å². The third-order valence-electron chi connectivity index (χ3n) is 7.40. The lowest BCUT2D eigenvalue weighted by atomic mass is 9.84. The molecule has 9 atom stereocenters. The van der Waals surface area contributed by atoms with E-state index in [2.05, 4.69) is 0 Å². The third-order valence-corrected chi connectivity index (χ3v) is 7.40. The minimum absolute atomic E-state index is 0.0206. The predicted molar refractivity (Wildman–Crippen MR) is 139 cm³/mol. The van der Waals surface area contributed by atoms with Crippen LogP contribution in [0.2, 0.25) is 0 Å². The summed E-state index contributed by atoms with van der Waals surface area (Å²) in [5.41, 5.74) is -0.630. The van der Waals surface area contributed by atoms with E-state index in [0.717, 1.165) is 18.2 Å². The van der Waals surface area contributed by atoms with Gasteiger partial charge < -0.3 is 69.3 Å². The maximum Gasteiger partial charge on any atom is 0.268 e. The molecule has 0 unspecified atom stereocenters. The first kappa shape index (κ1) is 30.0. The van der Waals surface area contributed by atoms with Gasteiger partial charge >= 0.3 is 0 Å². The molecule has 9 N–H and O–H groups in total. The van der Waals surface area contributed by atoms with Gasteiger partial charge in [-0.3, -0.25) is 4.79 Å². The molecule has 0 amide bonds. The second kappa shape index (κ2) is 11.3. The zero-order chi connectivity index (χ0) is 30.5. The highest BCUT2D eigenvalue weighted by Crippen LogP contribution is 2.42. The van der Waals surface area contributed by atoms with Gasteiger partial charge in [0.2, 0.25) is 0 Å². The Morgan fingerprint density at radius 1 is 0.929 bits per heavy atom. The number of benzene rings is 2. The van der Waals surface area contributed by atoms with Gasteiger partial charge in [-0.2, -0.15) is 0 Å². The summed E-state index contributed by atoms with van der Waals surface area (Å²) in [5.74, 6) is -3.75. The molecular weight excluding hydrogens is 564 g/mol. The molecule has 0 saturated carbocycles. The van der Waals surface area contributed by atoms with E-state index in [1.54, 1.807) is 0 Å². The fourth-order valence-corrected chi connectivity index (χ4v) is 5.18. The minimum atomic E-state index is -2.66. The predicted octanol–water partition coefficient (Wildman–Crippen LogP) is -2.09. The summed E-state index contributed by atoms with van der Waals surface area (Å²) in [6.45, 7) is -1.46. The summed E-state index contributed by atoms with van der Waals surface area (Å²) < 4.78 is 27.9. The average Bonchev–Trinajstić information content (AvgIpc) is 2.96. The lowest BCUT2D eigenvalue weighted by molar-refractivity contribution is -0.388. The summed E-state index contributed by atoms with van der Waals surface area (Å²) in [4.78, 5) is 12.9. The molecule has 0 bridgehead atoms. The second-order valence-corrected chi connectivity index (χ2v) is 10.1.